The number of hydrogen-bond donors (Lipinski definition) is 2. The summed E-state index contributed by atoms with van der Waals surface area (Å²) in [5, 5.41) is 8.60. The van der Waals surface area contributed by atoms with Crippen molar-refractivity contribution in [2.24, 2.45) is 15.7 Å². The van der Waals surface area contributed by atoms with Gasteiger partial charge in [-0.25, -0.2) is 4.99 Å². The van der Waals surface area contributed by atoms with Gasteiger partial charge in [0.1, 0.15) is 5.84 Å². The highest BCUT2D eigenvalue weighted by Gasteiger charge is 2.22. The number of allylic oxidation sites excluding steroid dienone is 7. The molecule has 0 aromatic heterocycles. The summed E-state index contributed by atoms with van der Waals surface area (Å²) >= 11 is 0. The molecule has 1 aliphatic rings. The van der Waals surface area contributed by atoms with E-state index in [1.807, 2.05) is 91.0 Å². The topological polar surface area (TPSA) is 74.6 Å². The van der Waals surface area contributed by atoms with Crippen molar-refractivity contribution in [1.82, 2.24) is 0 Å². The van der Waals surface area contributed by atoms with Crippen molar-refractivity contribution in [3.05, 3.63) is 215 Å². The smallest absolute Gasteiger partial charge is 0.157 e. The first kappa shape index (κ1) is 32.8. The average Bonchev–Trinajstić information content (AvgIpc) is 3.34. The van der Waals surface area contributed by atoms with Crippen LogP contribution in [0.3, 0.4) is 0 Å². The van der Waals surface area contributed by atoms with Gasteiger partial charge in [-0.2, -0.15) is 0 Å². The molecule has 0 fully saturated rings. The average molecular weight is 637 g/mol. The minimum atomic E-state index is -0.0904. The molecule has 0 spiro atoms. The van der Waals surface area contributed by atoms with Crippen LogP contribution in [0, 0.1) is 12.3 Å². The van der Waals surface area contributed by atoms with E-state index in [2.05, 4.69) is 86.3 Å². The molecular weight excluding hydrogens is 597 g/mol. The summed E-state index contributed by atoms with van der Waals surface area (Å²) in [5.41, 5.74) is 17.5. The SMILES string of the molecule is C=C(/C=C1/C=CC=CCC1=N)C(c1ccccc1)c1ccccc1-c1ccc(CN=C(N=C(N)c2ccccc2)c2ccccc2)cc1C. The molecule has 6 rings (SSSR count). The van der Waals surface area contributed by atoms with Gasteiger partial charge in [0, 0.05) is 29.2 Å². The number of nitrogens with zero attached hydrogens (tertiary/aromatic N) is 2. The normalized spacial score (nSPS) is 14.9. The first-order valence-electron chi connectivity index (χ1n) is 16.5. The molecule has 49 heavy (non-hydrogen) atoms. The van der Waals surface area contributed by atoms with E-state index in [0.717, 1.165) is 50.1 Å². The van der Waals surface area contributed by atoms with Crippen LogP contribution >= 0.6 is 0 Å². The highest BCUT2D eigenvalue weighted by atomic mass is 15.0. The fourth-order valence-corrected chi connectivity index (χ4v) is 6.15. The number of aliphatic imine (C=N–C) groups is 2. The molecule has 0 bridgehead atoms. The van der Waals surface area contributed by atoms with E-state index >= 15 is 0 Å². The third kappa shape index (κ3) is 8.06. The number of amidine groups is 2. The molecule has 0 aliphatic heterocycles. The van der Waals surface area contributed by atoms with E-state index in [9.17, 15) is 0 Å². The lowest BCUT2D eigenvalue weighted by Crippen LogP contribution is -2.16. The van der Waals surface area contributed by atoms with Crippen LogP contribution in [0.5, 0.6) is 0 Å². The van der Waals surface area contributed by atoms with E-state index in [4.69, 9.17) is 21.1 Å². The summed E-state index contributed by atoms with van der Waals surface area (Å²) in [6.07, 6.45) is 10.7. The molecule has 5 aromatic rings. The van der Waals surface area contributed by atoms with Gasteiger partial charge in [0.15, 0.2) is 5.84 Å². The molecule has 0 heterocycles. The second kappa shape index (κ2) is 15.6. The van der Waals surface area contributed by atoms with Crippen molar-refractivity contribution < 1.29 is 0 Å². The molecular formula is C45H40N4. The van der Waals surface area contributed by atoms with Crippen LogP contribution < -0.4 is 5.73 Å². The van der Waals surface area contributed by atoms with Crippen LogP contribution in [0.2, 0.25) is 0 Å². The lowest BCUT2D eigenvalue weighted by Gasteiger charge is -2.23. The Balaban J connectivity index is 1.34. The molecule has 0 saturated heterocycles. The van der Waals surface area contributed by atoms with E-state index in [1.54, 1.807) is 0 Å². The van der Waals surface area contributed by atoms with Gasteiger partial charge in [0.2, 0.25) is 0 Å². The third-order valence-corrected chi connectivity index (χ3v) is 8.63. The predicted octanol–water partition coefficient (Wildman–Crippen LogP) is 10.2. The molecule has 5 aromatic carbocycles. The van der Waals surface area contributed by atoms with Crippen molar-refractivity contribution in [2.45, 2.75) is 25.8 Å². The quantitative estimate of drug-likeness (QED) is 0.123. The second-order valence-electron chi connectivity index (χ2n) is 12.1. The zero-order valence-electron chi connectivity index (χ0n) is 27.8. The maximum absolute atomic E-state index is 8.60. The third-order valence-electron chi connectivity index (χ3n) is 8.63. The summed E-state index contributed by atoms with van der Waals surface area (Å²) in [7, 11) is 0. The highest BCUT2D eigenvalue weighted by Crippen LogP contribution is 2.39. The number of aryl methyl sites for hydroxylation is 1. The van der Waals surface area contributed by atoms with Crippen molar-refractivity contribution >= 4 is 17.4 Å². The number of benzene rings is 5. The van der Waals surface area contributed by atoms with E-state index < -0.39 is 0 Å². The highest BCUT2D eigenvalue weighted by molar-refractivity contribution is 6.11. The molecule has 1 atom stereocenters. The number of rotatable bonds is 9. The first-order chi connectivity index (χ1) is 24.0. The minimum Gasteiger partial charge on any atom is -0.383 e. The van der Waals surface area contributed by atoms with Crippen LogP contribution in [-0.2, 0) is 6.54 Å². The van der Waals surface area contributed by atoms with E-state index in [0.29, 0.717) is 30.3 Å². The van der Waals surface area contributed by atoms with Gasteiger partial charge in [0.25, 0.3) is 0 Å². The Morgan fingerprint density at radius 1 is 0.796 bits per heavy atom. The lowest BCUT2D eigenvalue weighted by molar-refractivity contribution is 0.982. The maximum Gasteiger partial charge on any atom is 0.157 e. The van der Waals surface area contributed by atoms with Gasteiger partial charge in [0.05, 0.1) is 6.54 Å². The Morgan fingerprint density at radius 2 is 1.45 bits per heavy atom. The van der Waals surface area contributed by atoms with Gasteiger partial charge in [-0.3, -0.25) is 4.99 Å². The summed E-state index contributed by atoms with van der Waals surface area (Å²) in [6, 6.07) is 45.4. The largest absolute Gasteiger partial charge is 0.383 e. The summed E-state index contributed by atoms with van der Waals surface area (Å²) in [4.78, 5) is 9.71. The Kier molecular flexibility index (Phi) is 10.5. The fourth-order valence-electron chi connectivity index (χ4n) is 6.15. The molecule has 4 nitrogen and oxygen atoms in total. The van der Waals surface area contributed by atoms with Gasteiger partial charge in [-0.05, 0) is 57.5 Å². The van der Waals surface area contributed by atoms with E-state index in [-0.39, 0.29) is 5.92 Å². The van der Waals surface area contributed by atoms with Crippen molar-refractivity contribution in [3.63, 3.8) is 0 Å². The van der Waals surface area contributed by atoms with Crippen molar-refractivity contribution in [2.75, 3.05) is 0 Å². The Hall–Kier alpha value is -6.13. The summed E-state index contributed by atoms with van der Waals surface area (Å²) in [6.45, 7) is 7.20. The molecule has 0 saturated carbocycles. The van der Waals surface area contributed by atoms with Gasteiger partial charge >= 0.3 is 0 Å². The minimum absolute atomic E-state index is 0.0904. The molecule has 0 amide bonds. The molecule has 4 heteroatoms. The number of nitrogens with two attached hydrogens (primary N) is 1. The molecule has 3 N–H and O–H groups in total. The van der Waals surface area contributed by atoms with Crippen LogP contribution in [-0.4, -0.2) is 17.4 Å². The zero-order valence-corrected chi connectivity index (χ0v) is 27.8. The lowest BCUT2D eigenvalue weighted by atomic mass is 9.80. The van der Waals surface area contributed by atoms with E-state index in [1.165, 1.54) is 5.56 Å². The molecule has 240 valence electrons. The van der Waals surface area contributed by atoms with Gasteiger partial charge in [-0.1, -0.05) is 164 Å². The monoisotopic (exact) mass is 636 g/mol. The van der Waals surface area contributed by atoms with Gasteiger partial charge in [-0.15, -0.1) is 0 Å². The Bertz CT molecular complexity index is 2100. The van der Waals surface area contributed by atoms with Crippen molar-refractivity contribution in [1.29, 1.82) is 5.41 Å². The number of hydrogen-bond acceptors (Lipinski definition) is 2. The fraction of sp³-hybridized carbons (Fsp3) is 0.0889. The van der Waals surface area contributed by atoms with Crippen molar-refractivity contribution in [3.8, 4) is 11.1 Å². The molecule has 1 aliphatic carbocycles. The predicted molar refractivity (Wildman–Crippen MR) is 207 cm³/mol. The Morgan fingerprint density at radius 3 is 2.16 bits per heavy atom. The van der Waals surface area contributed by atoms with Crippen LogP contribution in [0.4, 0.5) is 0 Å². The zero-order chi connectivity index (χ0) is 34.0. The molecule has 1 unspecified atom stereocenters. The van der Waals surface area contributed by atoms with Crippen LogP contribution in [0.15, 0.2) is 192 Å². The Labute approximate surface area is 289 Å². The number of nitrogens with one attached hydrogen (secondary N) is 1. The van der Waals surface area contributed by atoms with Crippen LogP contribution in [0.1, 0.15) is 45.7 Å². The second-order valence-corrected chi connectivity index (χ2v) is 12.1. The standard InChI is InChI=1S/C45H40N4/c1-32-29-34(31-48-45(37-21-11-5-12-22-37)49-44(47)36-19-9-4-10-20-36)27-28-39(32)40-24-15-16-25-41(40)43(35-17-7-3-8-18-35)33(2)30-38-23-13-6-14-26-42(38)46/h3-25,27-30,43,46H,2,26,31H2,1H3,(H2,47,48,49)/b38-30-,46-42?. The summed E-state index contributed by atoms with van der Waals surface area (Å²) < 4.78 is 0. The first-order valence-corrected chi connectivity index (χ1v) is 16.5. The van der Waals surface area contributed by atoms with Gasteiger partial charge < -0.3 is 11.1 Å². The maximum atomic E-state index is 8.60. The summed E-state index contributed by atoms with van der Waals surface area (Å²) in [5.74, 6) is 0.937. The van der Waals surface area contributed by atoms with Crippen LogP contribution in [0.25, 0.3) is 11.1 Å². The molecule has 0 radical (unpaired) electrons.